The van der Waals surface area contributed by atoms with Crippen LogP contribution in [0.4, 0.5) is 5.82 Å². The lowest BCUT2D eigenvalue weighted by molar-refractivity contribution is 0.214. The summed E-state index contributed by atoms with van der Waals surface area (Å²) >= 11 is 12.6. The minimum absolute atomic E-state index is 0.0494. The Morgan fingerprint density at radius 2 is 1.71 bits per heavy atom. The minimum atomic E-state index is -0.379. The van der Waals surface area contributed by atoms with Crippen molar-refractivity contribution >= 4 is 40.1 Å². The number of fused-ring (bicyclic) bond motifs is 1. The summed E-state index contributed by atoms with van der Waals surface area (Å²) in [5.74, 6) is 0.613. The third kappa shape index (κ3) is 3.65. The molecule has 0 radical (unpaired) electrons. The van der Waals surface area contributed by atoms with Crippen molar-refractivity contribution in [2.24, 2.45) is 0 Å². The lowest BCUT2D eigenvalue weighted by Gasteiger charge is -2.28. The van der Waals surface area contributed by atoms with Crippen molar-refractivity contribution in [3.8, 4) is 16.9 Å². The topological polar surface area (TPSA) is 75.9 Å². The molecule has 1 saturated carbocycles. The van der Waals surface area contributed by atoms with Gasteiger partial charge in [-0.05, 0) is 37.1 Å². The number of aromatic nitrogens is 4. The van der Waals surface area contributed by atoms with Crippen LogP contribution in [0, 0.1) is 0 Å². The second kappa shape index (κ2) is 8.11. The van der Waals surface area contributed by atoms with Gasteiger partial charge in [0.15, 0.2) is 11.3 Å². The van der Waals surface area contributed by atoms with Gasteiger partial charge in [-0.1, -0.05) is 60.3 Å². The monoisotopic (exact) mass is 453 g/mol. The molecule has 1 fully saturated rings. The van der Waals surface area contributed by atoms with Gasteiger partial charge in [0, 0.05) is 10.6 Å². The first-order valence-electron chi connectivity index (χ1n) is 10.2. The Balaban J connectivity index is 1.74. The van der Waals surface area contributed by atoms with E-state index in [2.05, 4.69) is 15.3 Å². The summed E-state index contributed by atoms with van der Waals surface area (Å²) in [6.45, 7) is 0.0494. The van der Waals surface area contributed by atoms with Gasteiger partial charge < -0.3 is 10.4 Å². The second-order valence-corrected chi connectivity index (χ2v) is 8.75. The van der Waals surface area contributed by atoms with Crippen LogP contribution < -0.4 is 5.32 Å². The zero-order valence-electron chi connectivity index (χ0n) is 16.7. The highest BCUT2D eigenvalue weighted by atomic mass is 35.5. The lowest BCUT2D eigenvalue weighted by Crippen LogP contribution is -2.39. The van der Waals surface area contributed by atoms with Crippen LogP contribution in [0.25, 0.3) is 28.0 Å². The molecule has 2 aromatic heterocycles. The predicted octanol–water partition coefficient (Wildman–Crippen LogP) is 5.51. The van der Waals surface area contributed by atoms with Crippen LogP contribution in [-0.2, 0) is 0 Å². The number of hydrogen-bond donors (Lipinski definition) is 2. The van der Waals surface area contributed by atoms with E-state index in [1.165, 1.54) is 6.33 Å². The van der Waals surface area contributed by atoms with E-state index >= 15 is 0 Å². The lowest BCUT2D eigenvalue weighted by atomic mass is 9.99. The molecule has 2 N–H and O–H groups in total. The molecule has 2 aromatic carbocycles. The number of rotatable bonds is 5. The van der Waals surface area contributed by atoms with E-state index in [0.29, 0.717) is 26.9 Å². The number of aliphatic hydroxyl groups is 1. The number of nitrogens with zero attached hydrogens (tertiary/aromatic N) is 4. The molecule has 0 aliphatic heterocycles. The highest BCUT2D eigenvalue weighted by Crippen LogP contribution is 2.37. The Bertz CT molecular complexity index is 1230. The normalized spacial score (nSPS) is 15.5. The van der Waals surface area contributed by atoms with Crippen LogP contribution in [0.1, 0.15) is 25.7 Å². The molecule has 0 spiro atoms. The molecular formula is C23H21Cl2N5O. The van der Waals surface area contributed by atoms with E-state index in [1.807, 2.05) is 48.5 Å². The molecular weight excluding hydrogens is 433 g/mol. The summed E-state index contributed by atoms with van der Waals surface area (Å²) in [6.07, 6.45) is 5.47. The van der Waals surface area contributed by atoms with Gasteiger partial charge in [-0.15, -0.1) is 0 Å². The number of anilines is 1. The quantitative estimate of drug-likeness (QED) is 0.416. The van der Waals surface area contributed by atoms with E-state index < -0.39 is 0 Å². The van der Waals surface area contributed by atoms with Gasteiger partial charge in [-0.25, -0.2) is 14.6 Å². The van der Waals surface area contributed by atoms with E-state index in [1.54, 1.807) is 4.68 Å². The van der Waals surface area contributed by atoms with E-state index in [9.17, 15) is 5.11 Å². The highest BCUT2D eigenvalue weighted by Gasteiger charge is 2.34. The molecule has 2 heterocycles. The predicted molar refractivity (Wildman–Crippen MR) is 124 cm³/mol. The second-order valence-electron chi connectivity index (χ2n) is 7.91. The third-order valence-corrected chi connectivity index (χ3v) is 6.48. The molecule has 6 nitrogen and oxygen atoms in total. The van der Waals surface area contributed by atoms with Crippen molar-refractivity contribution in [2.45, 2.75) is 31.2 Å². The average Bonchev–Trinajstić information content (AvgIpc) is 3.41. The molecule has 31 heavy (non-hydrogen) atoms. The van der Waals surface area contributed by atoms with Gasteiger partial charge in [-0.2, -0.15) is 5.10 Å². The molecule has 1 aliphatic rings. The Morgan fingerprint density at radius 1 is 0.968 bits per heavy atom. The fourth-order valence-electron chi connectivity index (χ4n) is 4.28. The van der Waals surface area contributed by atoms with Crippen LogP contribution in [0.5, 0.6) is 0 Å². The third-order valence-electron chi connectivity index (χ3n) is 5.90. The fourth-order valence-corrected chi connectivity index (χ4v) is 4.62. The zero-order chi connectivity index (χ0) is 21.4. The maximum absolute atomic E-state index is 10.1. The maximum Gasteiger partial charge on any atom is 0.158 e. The Kier molecular flexibility index (Phi) is 5.30. The molecule has 4 aromatic rings. The van der Waals surface area contributed by atoms with Crippen molar-refractivity contribution in [1.82, 2.24) is 19.7 Å². The number of hydrogen-bond acceptors (Lipinski definition) is 5. The van der Waals surface area contributed by atoms with Gasteiger partial charge in [0.2, 0.25) is 0 Å². The summed E-state index contributed by atoms with van der Waals surface area (Å²) in [7, 11) is 0. The SMILES string of the molecule is OCC1(Nc2ncnc3c(-c4ccc(Cl)cc4)n(-c4ccccc4Cl)nc23)CCCC1. The van der Waals surface area contributed by atoms with Gasteiger partial charge in [0.05, 0.1) is 22.9 Å². The summed E-state index contributed by atoms with van der Waals surface area (Å²) in [5.41, 5.74) is 3.41. The number of benzene rings is 2. The van der Waals surface area contributed by atoms with Crippen LogP contribution in [0.3, 0.4) is 0 Å². The number of halogens is 2. The van der Waals surface area contributed by atoms with E-state index in [0.717, 1.165) is 42.6 Å². The molecule has 0 atom stereocenters. The van der Waals surface area contributed by atoms with Crippen molar-refractivity contribution in [2.75, 3.05) is 11.9 Å². The number of nitrogens with one attached hydrogen (secondary N) is 1. The van der Waals surface area contributed by atoms with E-state index in [-0.39, 0.29) is 12.1 Å². The molecule has 0 unspecified atom stereocenters. The van der Waals surface area contributed by atoms with Gasteiger partial charge in [-0.3, -0.25) is 0 Å². The minimum Gasteiger partial charge on any atom is -0.394 e. The van der Waals surface area contributed by atoms with Crippen molar-refractivity contribution in [1.29, 1.82) is 0 Å². The molecule has 0 saturated heterocycles. The fraction of sp³-hybridized carbons (Fsp3) is 0.261. The summed E-state index contributed by atoms with van der Waals surface area (Å²) in [5, 5.41) is 19.7. The molecule has 0 amide bonds. The van der Waals surface area contributed by atoms with Gasteiger partial charge >= 0.3 is 0 Å². The standard InChI is InChI=1S/C23H21Cl2N5O/c24-16-9-7-15(8-10-16)21-19-20(29-30(21)18-6-2-1-5-17(18)25)22(27-14-26-19)28-23(13-31)11-3-4-12-23/h1-2,5-10,14,31H,3-4,11-13H2,(H,26,27,28). The number of aliphatic hydroxyl groups excluding tert-OH is 1. The summed E-state index contributed by atoms with van der Waals surface area (Å²) in [4.78, 5) is 9.04. The van der Waals surface area contributed by atoms with Gasteiger partial charge in [0.25, 0.3) is 0 Å². The van der Waals surface area contributed by atoms with Crippen molar-refractivity contribution in [3.05, 3.63) is 64.9 Å². The molecule has 1 aliphatic carbocycles. The van der Waals surface area contributed by atoms with Gasteiger partial charge in [0.1, 0.15) is 17.5 Å². The van der Waals surface area contributed by atoms with Crippen LogP contribution in [0.2, 0.25) is 10.0 Å². The van der Waals surface area contributed by atoms with Crippen LogP contribution in [-0.4, -0.2) is 37.0 Å². The Hall–Kier alpha value is -2.67. The van der Waals surface area contributed by atoms with Crippen molar-refractivity contribution in [3.63, 3.8) is 0 Å². The largest absolute Gasteiger partial charge is 0.394 e. The first kappa shape index (κ1) is 20.2. The van der Waals surface area contributed by atoms with E-state index in [4.69, 9.17) is 28.3 Å². The Morgan fingerprint density at radius 3 is 2.42 bits per heavy atom. The first-order valence-corrected chi connectivity index (χ1v) is 11.0. The smallest absolute Gasteiger partial charge is 0.158 e. The molecule has 0 bridgehead atoms. The van der Waals surface area contributed by atoms with Crippen LogP contribution in [0.15, 0.2) is 54.9 Å². The molecule has 8 heteroatoms. The number of para-hydroxylation sites is 1. The molecule has 158 valence electrons. The summed E-state index contributed by atoms with van der Waals surface area (Å²) in [6, 6.07) is 15.1. The molecule has 5 rings (SSSR count). The summed E-state index contributed by atoms with van der Waals surface area (Å²) < 4.78 is 1.80. The highest BCUT2D eigenvalue weighted by molar-refractivity contribution is 6.32. The van der Waals surface area contributed by atoms with Crippen molar-refractivity contribution < 1.29 is 5.11 Å². The Labute approximate surface area is 189 Å². The maximum atomic E-state index is 10.1. The first-order chi connectivity index (χ1) is 15.1. The van der Waals surface area contributed by atoms with Crippen LogP contribution >= 0.6 is 23.2 Å². The average molecular weight is 454 g/mol. The zero-order valence-corrected chi connectivity index (χ0v) is 18.2.